The van der Waals surface area contributed by atoms with Crippen LogP contribution in [0.25, 0.3) is 11.0 Å². The summed E-state index contributed by atoms with van der Waals surface area (Å²) >= 11 is 0. The summed E-state index contributed by atoms with van der Waals surface area (Å²) in [5.74, 6) is 0.993. The highest BCUT2D eigenvalue weighted by atomic mass is 16.3. The topological polar surface area (TPSA) is 98.4 Å². The second-order valence-electron chi connectivity index (χ2n) is 8.86. The molecule has 0 radical (unpaired) electrons. The van der Waals surface area contributed by atoms with E-state index in [0.29, 0.717) is 23.0 Å². The summed E-state index contributed by atoms with van der Waals surface area (Å²) in [6.07, 6.45) is 4.77. The number of fused-ring (bicyclic) bond motifs is 1. The van der Waals surface area contributed by atoms with E-state index in [4.69, 9.17) is 15.9 Å². The molecule has 0 aliphatic carbocycles. The van der Waals surface area contributed by atoms with Crippen molar-refractivity contribution in [2.75, 3.05) is 23.7 Å². The Balaban J connectivity index is 1.65. The maximum absolute atomic E-state index is 13.3. The summed E-state index contributed by atoms with van der Waals surface area (Å²) in [7, 11) is 0. The van der Waals surface area contributed by atoms with Crippen LogP contribution in [0.15, 0.2) is 41.1 Å². The van der Waals surface area contributed by atoms with Crippen LogP contribution in [0.3, 0.4) is 0 Å². The largest absolute Gasteiger partial charge is 0.440 e. The highest BCUT2D eigenvalue weighted by Gasteiger charge is 2.26. The molecule has 2 atom stereocenters. The number of pyridine rings is 1. The first-order chi connectivity index (χ1) is 14.3. The average Bonchev–Trinajstić information content (AvgIpc) is 3.02. The lowest BCUT2D eigenvalue weighted by molar-refractivity contribution is 0.0995. The van der Waals surface area contributed by atoms with Crippen molar-refractivity contribution in [2.24, 2.45) is 11.7 Å². The number of aromatic nitrogens is 1. The van der Waals surface area contributed by atoms with E-state index in [1.807, 2.05) is 24.3 Å². The summed E-state index contributed by atoms with van der Waals surface area (Å²) in [5, 5.41) is 0.765. The quantitative estimate of drug-likeness (QED) is 0.618. The van der Waals surface area contributed by atoms with Crippen LogP contribution in [-0.4, -0.2) is 29.9 Å². The monoisotopic (exact) mass is 406 g/mol. The molecule has 3 heterocycles. The molecule has 1 aromatic carbocycles. The summed E-state index contributed by atoms with van der Waals surface area (Å²) < 4.78 is 5.74. The lowest BCUT2D eigenvalue weighted by Gasteiger charge is -2.37. The summed E-state index contributed by atoms with van der Waals surface area (Å²) in [5.41, 5.74) is 16.5. The van der Waals surface area contributed by atoms with Crippen LogP contribution < -0.4 is 16.4 Å². The van der Waals surface area contributed by atoms with Gasteiger partial charge in [-0.3, -0.25) is 9.78 Å². The predicted octanol–water partition coefficient (Wildman–Crippen LogP) is 4.13. The fourth-order valence-electron chi connectivity index (χ4n) is 4.50. The Kier molecular flexibility index (Phi) is 5.52. The van der Waals surface area contributed by atoms with Crippen molar-refractivity contribution in [1.29, 1.82) is 0 Å². The minimum atomic E-state index is -0.0628. The third kappa shape index (κ3) is 3.92. The number of ketones is 1. The minimum absolute atomic E-state index is 0.0628. The van der Waals surface area contributed by atoms with Gasteiger partial charge >= 0.3 is 0 Å². The number of anilines is 2. The lowest BCUT2D eigenvalue weighted by atomic mass is 9.94. The first kappa shape index (κ1) is 20.4. The molecule has 2 aromatic heterocycles. The average molecular weight is 407 g/mol. The zero-order valence-electron chi connectivity index (χ0n) is 17.9. The standard InChI is InChI=1S/C24H30N4O2/c1-14(2)16-4-5-19-22(10-16)30-24(26)23(19)21(29)9-17-11-27-7-6-20(17)28-12-15(3)8-18(25)13-28/h4-7,10-11,14-15,18H,8-9,12-13,25-26H2,1-3H3/t15-,18+/m1/s1. The maximum atomic E-state index is 13.3. The van der Waals surface area contributed by atoms with Gasteiger partial charge in [0.2, 0.25) is 5.88 Å². The zero-order valence-corrected chi connectivity index (χ0v) is 17.9. The van der Waals surface area contributed by atoms with Crippen molar-refractivity contribution in [1.82, 2.24) is 4.98 Å². The summed E-state index contributed by atoms with van der Waals surface area (Å²) in [6.45, 7) is 8.16. The molecule has 0 spiro atoms. The molecule has 0 unspecified atom stereocenters. The van der Waals surface area contributed by atoms with E-state index in [1.54, 1.807) is 12.4 Å². The molecule has 6 nitrogen and oxygen atoms in total. The molecule has 1 fully saturated rings. The third-order valence-corrected chi connectivity index (χ3v) is 5.95. The Morgan fingerprint density at radius 1 is 1.30 bits per heavy atom. The first-order valence-corrected chi connectivity index (χ1v) is 10.6. The molecule has 1 aliphatic heterocycles. The van der Waals surface area contributed by atoms with Crippen molar-refractivity contribution >= 4 is 28.3 Å². The number of furan rings is 1. The van der Waals surface area contributed by atoms with Gasteiger partial charge in [-0.1, -0.05) is 32.9 Å². The van der Waals surface area contributed by atoms with E-state index < -0.39 is 0 Å². The molecule has 1 saturated heterocycles. The van der Waals surface area contributed by atoms with E-state index in [2.05, 4.69) is 30.7 Å². The number of hydrogen-bond donors (Lipinski definition) is 2. The number of benzene rings is 1. The molecular weight excluding hydrogens is 376 g/mol. The van der Waals surface area contributed by atoms with Crippen LogP contribution in [0.5, 0.6) is 0 Å². The predicted molar refractivity (Wildman–Crippen MR) is 121 cm³/mol. The Morgan fingerprint density at radius 3 is 2.83 bits per heavy atom. The number of carbonyl (C=O) groups is 1. The fraction of sp³-hybridized carbons (Fsp3) is 0.417. The minimum Gasteiger partial charge on any atom is -0.440 e. The smallest absolute Gasteiger partial charge is 0.202 e. The van der Waals surface area contributed by atoms with E-state index >= 15 is 0 Å². The van der Waals surface area contributed by atoms with Gasteiger partial charge in [0.25, 0.3) is 0 Å². The molecule has 158 valence electrons. The Morgan fingerprint density at radius 2 is 2.10 bits per heavy atom. The summed E-state index contributed by atoms with van der Waals surface area (Å²) in [6, 6.07) is 8.05. The molecule has 3 aromatic rings. The van der Waals surface area contributed by atoms with Crippen LogP contribution in [0.2, 0.25) is 0 Å². The molecule has 1 aliphatic rings. The van der Waals surface area contributed by atoms with Crippen LogP contribution in [-0.2, 0) is 6.42 Å². The van der Waals surface area contributed by atoms with Gasteiger partial charge in [0.05, 0.1) is 5.56 Å². The Hall–Kier alpha value is -2.86. The van der Waals surface area contributed by atoms with E-state index in [9.17, 15) is 4.79 Å². The second kappa shape index (κ2) is 8.11. The number of Topliss-reactive ketones (excluding diaryl/α,β-unsaturated/α-hetero) is 1. The normalized spacial score (nSPS) is 19.6. The van der Waals surface area contributed by atoms with Crippen molar-refractivity contribution in [3.8, 4) is 0 Å². The van der Waals surface area contributed by atoms with E-state index in [-0.39, 0.29) is 24.1 Å². The third-order valence-electron chi connectivity index (χ3n) is 5.95. The highest BCUT2D eigenvalue weighted by Crippen LogP contribution is 2.33. The number of nitrogens with two attached hydrogens (primary N) is 2. The number of rotatable bonds is 5. The van der Waals surface area contributed by atoms with Gasteiger partial charge in [0.15, 0.2) is 5.78 Å². The summed E-state index contributed by atoms with van der Waals surface area (Å²) in [4.78, 5) is 19.8. The number of nitrogen functional groups attached to an aromatic ring is 1. The van der Waals surface area contributed by atoms with Crippen molar-refractivity contribution < 1.29 is 9.21 Å². The van der Waals surface area contributed by atoms with Gasteiger partial charge in [0, 0.05) is 54.6 Å². The second-order valence-corrected chi connectivity index (χ2v) is 8.86. The van der Waals surface area contributed by atoms with E-state index in [0.717, 1.165) is 41.7 Å². The van der Waals surface area contributed by atoms with Crippen molar-refractivity contribution in [2.45, 2.75) is 45.6 Å². The molecule has 4 N–H and O–H groups in total. The molecule has 0 bridgehead atoms. The maximum Gasteiger partial charge on any atom is 0.202 e. The fourth-order valence-corrected chi connectivity index (χ4v) is 4.50. The molecule has 30 heavy (non-hydrogen) atoms. The highest BCUT2D eigenvalue weighted by molar-refractivity contribution is 6.12. The Labute approximate surface area is 177 Å². The van der Waals surface area contributed by atoms with Gasteiger partial charge in [-0.05, 0) is 36.0 Å². The molecule has 4 rings (SSSR count). The van der Waals surface area contributed by atoms with Gasteiger partial charge in [-0.25, -0.2) is 0 Å². The van der Waals surface area contributed by atoms with Gasteiger partial charge in [-0.15, -0.1) is 0 Å². The Bertz CT molecular complexity index is 1060. The number of nitrogens with zero attached hydrogens (tertiary/aromatic N) is 2. The van der Waals surface area contributed by atoms with Crippen molar-refractivity contribution in [3.63, 3.8) is 0 Å². The molecule has 0 saturated carbocycles. The van der Waals surface area contributed by atoms with Gasteiger partial charge < -0.3 is 20.8 Å². The number of piperidine rings is 1. The zero-order chi connectivity index (χ0) is 21.4. The number of hydrogen-bond acceptors (Lipinski definition) is 6. The van der Waals surface area contributed by atoms with Crippen LogP contribution >= 0.6 is 0 Å². The van der Waals surface area contributed by atoms with Crippen molar-refractivity contribution in [3.05, 3.63) is 53.3 Å². The molecule has 0 amide bonds. The van der Waals surface area contributed by atoms with Crippen LogP contribution in [0.4, 0.5) is 11.6 Å². The van der Waals surface area contributed by atoms with E-state index in [1.165, 1.54) is 0 Å². The first-order valence-electron chi connectivity index (χ1n) is 10.6. The molecular formula is C24H30N4O2. The van der Waals surface area contributed by atoms with Crippen LogP contribution in [0.1, 0.15) is 54.6 Å². The van der Waals surface area contributed by atoms with Gasteiger partial charge in [-0.2, -0.15) is 0 Å². The molecule has 6 heteroatoms. The van der Waals surface area contributed by atoms with Crippen LogP contribution in [0, 0.1) is 5.92 Å². The SMILES string of the molecule is CC(C)c1ccc2c(C(=O)Cc3cnccc3N3C[C@H](C)C[C@H](N)C3)c(N)oc2c1. The van der Waals surface area contributed by atoms with Gasteiger partial charge in [0.1, 0.15) is 5.58 Å². The lowest BCUT2D eigenvalue weighted by Crippen LogP contribution is -2.46. The number of carbonyl (C=O) groups excluding carboxylic acids is 1.